The molecule has 8 heteroatoms. The maximum Gasteiger partial charge on any atom is 0.249 e. The van der Waals surface area contributed by atoms with Gasteiger partial charge in [0.25, 0.3) is 0 Å². The molecule has 6 nitrogen and oxygen atoms in total. The second-order valence-electron chi connectivity index (χ2n) is 3.24. The Morgan fingerprint density at radius 2 is 2.24 bits per heavy atom. The van der Waals surface area contributed by atoms with Crippen molar-refractivity contribution >= 4 is 26.5 Å². The molecule has 0 aliphatic rings. The molecule has 2 aromatic rings. The Hall–Kier alpha value is -1.51. The second-order valence-corrected chi connectivity index (χ2v) is 6.06. The lowest BCUT2D eigenvalue weighted by Gasteiger charge is -2.00. The third kappa shape index (κ3) is 3.22. The van der Waals surface area contributed by atoms with Crippen LogP contribution in [0.5, 0.6) is 0 Å². The Bertz CT molecular complexity index is 594. The number of nitrogens with two attached hydrogens (primary N) is 1. The highest BCUT2D eigenvalue weighted by molar-refractivity contribution is 7.91. The Morgan fingerprint density at radius 1 is 1.41 bits per heavy atom. The number of thiazole rings is 1. The van der Waals surface area contributed by atoms with Crippen molar-refractivity contribution in [3.63, 3.8) is 0 Å². The number of nitrogens with zero attached hydrogens (tertiary/aromatic N) is 2. The fourth-order valence-electron chi connectivity index (χ4n) is 1.15. The molecule has 0 fully saturated rings. The van der Waals surface area contributed by atoms with Gasteiger partial charge in [0.1, 0.15) is 0 Å². The Labute approximate surface area is 103 Å². The molecule has 2 heterocycles. The van der Waals surface area contributed by atoms with E-state index in [0.717, 1.165) is 16.9 Å². The van der Waals surface area contributed by atoms with E-state index in [1.807, 2.05) is 12.1 Å². The Balaban J connectivity index is 2.04. The van der Waals surface area contributed by atoms with Crippen molar-refractivity contribution in [2.24, 2.45) is 5.14 Å². The first-order valence-electron chi connectivity index (χ1n) is 4.67. The maximum atomic E-state index is 11.0. The number of nitrogens with one attached hydrogen (secondary N) is 1. The molecule has 0 aliphatic heterocycles. The summed E-state index contributed by atoms with van der Waals surface area (Å²) in [4.78, 5) is 7.89. The number of hydrogen-bond acceptors (Lipinski definition) is 6. The van der Waals surface area contributed by atoms with Crippen molar-refractivity contribution in [3.05, 3.63) is 36.3 Å². The van der Waals surface area contributed by atoms with E-state index in [4.69, 9.17) is 5.14 Å². The Morgan fingerprint density at radius 3 is 2.82 bits per heavy atom. The van der Waals surface area contributed by atoms with Crippen molar-refractivity contribution in [3.8, 4) is 0 Å². The van der Waals surface area contributed by atoms with Gasteiger partial charge >= 0.3 is 0 Å². The van der Waals surface area contributed by atoms with E-state index < -0.39 is 10.0 Å². The molecule has 0 aliphatic carbocycles. The molecule has 0 amide bonds. The van der Waals surface area contributed by atoms with Crippen LogP contribution in [0.1, 0.15) is 5.56 Å². The summed E-state index contributed by atoms with van der Waals surface area (Å²) in [6.45, 7) is 0.533. The van der Waals surface area contributed by atoms with Crippen LogP contribution >= 0.6 is 11.3 Å². The minimum Gasteiger partial charge on any atom is -0.357 e. The van der Waals surface area contributed by atoms with E-state index in [1.165, 1.54) is 6.20 Å². The number of hydrogen-bond donors (Lipinski definition) is 2. The van der Waals surface area contributed by atoms with Crippen LogP contribution in [0.2, 0.25) is 0 Å². The topological polar surface area (TPSA) is 98.0 Å². The fraction of sp³-hybridized carbons (Fsp3) is 0.111. The lowest BCUT2D eigenvalue weighted by Crippen LogP contribution is -2.09. The molecule has 0 aromatic carbocycles. The molecule has 0 atom stereocenters. The predicted octanol–water partition coefficient (Wildman–Crippen LogP) is 0.798. The van der Waals surface area contributed by atoms with Crippen LogP contribution in [-0.2, 0) is 16.6 Å². The number of rotatable bonds is 4. The highest BCUT2D eigenvalue weighted by Crippen LogP contribution is 2.21. The molecule has 0 radical (unpaired) electrons. The van der Waals surface area contributed by atoms with Gasteiger partial charge in [-0.25, -0.2) is 18.5 Å². The van der Waals surface area contributed by atoms with Gasteiger partial charge in [0.15, 0.2) is 9.34 Å². The molecule has 0 saturated carbocycles. The van der Waals surface area contributed by atoms with Gasteiger partial charge in [-0.3, -0.25) is 4.98 Å². The van der Waals surface area contributed by atoms with Gasteiger partial charge in [-0.2, -0.15) is 0 Å². The standard InChI is InChI=1S/C9H10N4O2S2/c10-17(14,15)8-6-13-9(16-8)12-5-7-2-1-3-11-4-7/h1-4,6H,5H2,(H,12,13)(H2,10,14,15). The van der Waals surface area contributed by atoms with E-state index >= 15 is 0 Å². The quantitative estimate of drug-likeness (QED) is 0.856. The summed E-state index contributed by atoms with van der Waals surface area (Å²) in [7, 11) is -3.66. The van der Waals surface area contributed by atoms with Crippen LogP contribution in [0.4, 0.5) is 5.13 Å². The zero-order chi connectivity index (χ0) is 12.3. The van der Waals surface area contributed by atoms with Crippen LogP contribution in [0.3, 0.4) is 0 Å². The van der Waals surface area contributed by atoms with Gasteiger partial charge < -0.3 is 5.32 Å². The van der Waals surface area contributed by atoms with Crippen molar-refractivity contribution in [1.82, 2.24) is 9.97 Å². The molecular formula is C9H10N4O2S2. The zero-order valence-corrected chi connectivity index (χ0v) is 10.3. The number of aromatic nitrogens is 2. The van der Waals surface area contributed by atoms with Crippen LogP contribution in [0.15, 0.2) is 34.9 Å². The highest BCUT2D eigenvalue weighted by atomic mass is 32.2. The molecule has 17 heavy (non-hydrogen) atoms. The number of primary sulfonamides is 1. The van der Waals surface area contributed by atoms with Gasteiger partial charge in [-0.1, -0.05) is 17.4 Å². The first-order valence-corrected chi connectivity index (χ1v) is 7.03. The second kappa shape index (κ2) is 4.78. The molecule has 3 N–H and O–H groups in total. The molecule has 90 valence electrons. The lowest BCUT2D eigenvalue weighted by molar-refractivity contribution is 0.599. The summed E-state index contributed by atoms with van der Waals surface area (Å²) >= 11 is 1.00. The van der Waals surface area contributed by atoms with Gasteiger partial charge in [-0.15, -0.1) is 0 Å². The largest absolute Gasteiger partial charge is 0.357 e. The van der Waals surface area contributed by atoms with E-state index in [0.29, 0.717) is 11.7 Å². The molecular weight excluding hydrogens is 260 g/mol. The molecule has 0 saturated heterocycles. The zero-order valence-electron chi connectivity index (χ0n) is 8.70. The van der Waals surface area contributed by atoms with Gasteiger partial charge in [0.05, 0.1) is 6.20 Å². The van der Waals surface area contributed by atoms with Gasteiger partial charge in [0.2, 0.25) is 10.0 Å². The first-order chi connectivity index (χ1) is 8.05. The smallest absolute Gasteiger partial charge is 0.249 e. The monoisotopic (exact) mass is 270 g/mol. The van der Waals surface area contributed by atoms with Gasteiger partial charge in [0, 0.05) is 18.9 Å². The lowest BCUT2D eigenvalue weighted by atomic mass is 10.3. The minimum absolute atomic E-state index is 0.0474. The van der Waals surface area contributed by atoms with Gasteiger partial charge in [-0.05, 0) is 11.6 Å². The van der Waals surface area contributed by atoms with E-state index in [9.17, 15) is 8.42 Å². The highest BCUT2D eigenvalue weighted by Gasteiger charge is 2.12. The van der Waals surface area contributed by atoms with E-state index in [-0.39, 0.29) is 4.21 Å². The minimum atomic E-state index is -3.66. The van der Waals surface area contributed by atoms with Crippen molar-refractivity contribution in [1.29, 1.82) is 0 Å². The normalized spacial score (nSPS) is 11.4. The first kappa shape index (κ1) is 12.0. The van der Waals surface area contributed by atoms with E-state index in [1.54, 1.807) is 12.4 Å². The van der Waals surface area contributed by atoms with E-state index in [2.05, 4.69) is 15.3 Å². The number of pyridine rings is 1. The number of anilines is 1. The molecule has 0 bridgehead atoms. The molecule has 0 spiro atoms. The average molecular weight is 270 g/mol. The SMILES string of the molecule is NS(=O)(=O)c1cnc(NCc2cccnc2)s1. The van der Waals surface area contributed by atoms with Crippen molar-refractivity contribution < 1.29 is 8.42 Å². The average Bonchev–Trinajstić information content (AvgIpc) is 2.76. The third-order valence-electron chi connectivity index (χ3n) is 1.93. The van der Waals surface area contributed by atoms with Crippen LogP contribution < -0.4 is 10.5 Å². The Kier molecular flexibility index (Phi) is 3.36. The molecule has 0 unspecified atom stereocenters. The van der Waals surface area contributed by atoms with Crippen LogP contribution in [0, 0.1) is 0 Å². The summed E-state index contributed by atoms with van der Waals surface area (Å²) in [5.74, 6) is 0. The fourth-order valence-corrected chi connectivity index (χ4v) is 2.60. The summed E-state index contributed by atoms with van der Waals surface area (Å²) < 4.78 is 22.1. The summed E-state index contributed by atoms with van der Waals surface area (Å²) in [5.41, 5.74) is 0.986. The molecule has 2 aromatic heterocycles. The van der Waals surface area contributed by atoms with Crippen LogP contribution in [-0.4, -0.2) is 18.4 Å². The summed E-state index contributed by atoms with van der Waals surface area (Å²) in [6.07, 6.45) is 4.65. The van der Waals surface area contributed by atoms with Crippen molar-refractivity contribution in [2.45, 2.75) is 10.8 Å². The maximum absolute atomic E-state index is 11.0. The van der Waals surface area contributed by atoms with Crippen LogP contribution in [0.25, 0.3) is 0 Å². The van der Waals surface area contributed by atoms with Crippen molar-refractivity contribution in [2.75, 3.05) is 5.32 Å². The predicted molar refractivity (Wildman–Crippen MR) is 65.1 cm³/mol. The molecule has 2 rings (SSSR count). The summed E-state index contributed by atoms with van der Waals surface area (Å²) in [5, 5.41) is 8.49. The third-order valence-corrected chi connectivity index (χ3v) is 4.29. The number of sulfonamides is 1. The summed E-state index contributed by atoms with van der Waals surface area (Å²) in [6, 6.07) is 3.74.